The van der Waals surface area contributed by atoms with Gasteiger partial charge in [-0.15, -0.1) is 0 Å². The number of halogens is 1. The van der Waals surface area contributed by atoms with Gasteiger partial charge in [0.05, 0.1) is 18.0 Å². The zero-order valence-electron chi connectivity index (χ0n) is 25.2. The van der Waals surface area contributed by atoms with E-state index in [1.165, 1.54) is 10.4 Å². The topological polar surface area (TPSA) is 79.0 Å². The Balaban J connectivity index is 1.23. The van der Waals surface area contributed by atoms with Crippen molar-refractivity contribution in [3.63, 3.8) is 0 Å². The highest BCUT2D eigenvalue weighted by Crippen LogP contribution is 2.40. The molecule has 230 valence electrons. The quantitative estimate of drug-likeness (QED) is 0.318. The summed E-state index contributed by atoms with van der Waals surface area (Å²) in [7, 11) is 1.79. The van der Waals surface area contributed by atoms with Crippen molar-refractivity contribution in [1.82, 2.24) is 14.5 Å². The minimum absolute atomic E-state index is 0.0595. The van der Waals surface area contributed by atoms with Gasteiger partial charge in [-0.2, -0.15) is 4.31 Å². The fraction of sp³-hybridized carbons (Fsp3) is 0.441. The molecule has 2 aliphatic rings. The van der Waals surface area contributed by atoms with E-state index in [4.69, 9.17) is 4.74 Å². The number of carbonyl (C=O) groups excluding carboxylic acids is 1. The fourth-order valence-corrected chi connectivity index (χ4v) is 8.51. The summed E-state index contributed by atoms with van der Waals surface area (Å²) < 4.78 is 48.2. The Morgan fingerprint density at radius 1 is 1.02 bits per heavy atom. The lowest BCUT2D eigenvalue weighted by Gasteiger charge is -2.38. The van der Waals surface area contributed by atoms with E-state index in [2.05, 4.69) is 10.2 Å². The Kier molecular flexibility index (Phi) is 9.84. The Labute approximate surface area is 255 Å². The van der Waals surface area contributed by atoms with Crippen LogP contribution in [0.2, 0.25) is 0 Å². The summed E-state index contributed by atoms with van der Waals surface area (Å²) in [6.07, 6.45) is 4.62. The van der Waals surface area contributed by atoms with E-state index in [-0.39, 0.29) is 29.1 Å². The van der Waals surface area contributed by atoms with Gasteiger partial charge in [-0.25, -0.2) is 12.8 Å². The summed E-state index contributed by atoms with van der Waals surface area (Å²) in [6, 6.07) is 20.6. The SMILES string of the molecule is COc1ccc(S(=O)(=O)N2CCc3ccccc3C2CC(=O)NCC2CCC(C(c3cccc(F)c3)N(C)C)CC2)cc1. The first-order valence-corrected chi connectivity index (χ1v) is 16.5. The van der Waals surface area contributed by atoms with Crippen molar-refractivity contribution in [2.45, 2.75) is 55.5 Å². The molecule has 1 fully saturated rings. The average molecular weight is 608 g/mol. The van der Waals surface area contributed by atoms with Crippen molar-refractivity contribution in [1.29, 1.82) is 0 Å². The molecule has 2 atom stereocenters. The van der Waals surface area contributed by atoms with Crippen molar-refractivity contribution in [3.05, 3.63) is 95.3 Å². The van der Waals surface area contributed by atoms with Crippen molar-refractivity contribution in [2.75, 3.05) is 34.3 Å². The molecule has 1 heterocycles. The maximum Gasteiger partial charge on any atom is 0.243 e. The first-order chi connectivity index (χ1) is 20.7. The Morgan fingerprint density at radius 3 is 2.42 bits per heavy atom. The summed E-state index contributed by atoms with van der Waals surface area (Å²) in [5.41, 5.74) is 2.96. The van der Waals surface area contributed by atoms with E-state index < -0.39 is 16.1 Å². The van der Waals surface area contributed by atoms with Crippen LogP contribution in [0.15, 0.2) is 77.7 Å². The van der Waals surface area contributed by atoms with E-state index in [0.29, 0.717) is 37.1 Å². The molecule has 2 unspecified atom stereocenters. The van der Waals surface area contributed by atoms with Crippen molar-refractivity contribution in [2.24, 2.45) is 11.8 Å². The predicted octanol–water partition coefficient (Wildman–Crippen LogP) is 5.74. The number of nitrogens with zero attached hydrogens (tertiary/aromatic N) is 2. The van der Waals surface area contributed by atoms with E-state index >= 15 is 0 Å². The van der Waals surface area contributed by atoms with Gasteiger partial charge in [-0.05, 0) is 111 Å². The van der Waals surface area contributed by atoms with Crippen LogP contribution in [0.3, 0.4) is 0 Å². The van der Waals surface area contributed by atoms with Crippen LogP contribution in [-0.4, -0.2) is 57.8 Å². The van der Waals surface area contributed by atoms with Crippen LogP contribution in [0.5, 0.6) is 5.75 Å². The number of fused-ring (bicyclic) bond motifs is 1. The molecule has 0 bridgehead atoms. The molecule has 0 aromatic heterocycles. The van der Waals surface area contributed by atoms with Gasteiger partial charge >= 0.3 is 0 Å². The third-order valence-corrected chi connectivity index (χ3v) is 11.0. The first-order valence-electron chi connectivity index (χ1n) is 15.1. The molecule has 7 nitrogen and oxygen atoms in total. The van der Waals surface area contributed by atoms with Gasteiger partial charge in [0.1, 0.15) is 11.6 Å². The van der Waals surface area contributed by atoms with Gasteiger partial charge in [-0.3, -0.25) is 4.79 Å². The van der Waals surface area contributed by atoms with Gasteiger partial charge in [0.2, 0.25) is 15.9 Å². The molecule has 1 aliphatic carbocycles. The third-order valence-electron chi connectivity index (χ3n) is 9.08. The van der Waals surface area contributed by atoms with Gasteiger partial charge in [-0.1, -0.05) is 36.4 Å². The molecule has 1 aliphatic heterocycles. The lowest BCUT2D eigenvalue weighted by Crippen LogP contribution is -2.42. The Bertz CT molecular complexity index is 1500. The Hall–Kier alpha value is -3.27. The van der Waals surface area contributed by atoms with Crippen molar-refractivity contribution >= 4 is 15.9 Å². The number of nitrogens with one attached hydrogen (secondary N) is 1. The molecule has 0 radical (unpaired) electrons. The summed E-state index contributed by atoms with van der Waals surface area (Å²) in [5.74, 6) is 0.994. The first kappa shape index (κ1) is 31.2. The lowest BCUT2D eigenvalue weighted by atomic mass is 9.76. The molecule has 5 rings (SSSR count). The number of carbonyl (C=O) groups is 1. The van der Waals surface area contributed by atoms with Gasteiger partial charge in [0, 0.05) is 25.6 Å². The second kappa shape index (κ2) is 13.6. The number of sulfonamides is 1. The summed E-state index contributed by atoms with van der Waals surface area (Å²) in [5, 5.41) is 3.13. The molecular weight excluding hydrogens is 565 g/mol. The summed E-state index contributed by atoms with van der Waals surface area (Å²) in [6.45, 7) is 0.878. The lowest BCUT2D eigenvalue weighted by molar-refractivity contribution is -0.122. The van der Waals surface area contributed by atoms with Crippen molar-refractivity contribution < 1.29 is 22.3 Å². The molecule has 1 N–H and O–H groups in total. The highest BCUT2D eigenvalue weighted by Gasteiger charge is 2.38. The highest BCUT2D eigenvalue weighted by molar-refractivity contribution is 7.89. The zero-order valence-corrected chi connectivity index (χ0v) is 26.0. The number of hydrogen-bond donors (Lipinski definition) is 1. The number of benzene rings is 3. The van der Waals surface area contributed by atoms with Gasteiger partial charge in [0.15, 0.2) is 0 Å². The van der Waals surface area contributed by atoms with Crippen LogP contribution in [0.1, 0.15) is 60.9 Å². The van der Waals surface area contributed by atoms with Crippen molar-refractivity contribution in [3.8, 4) is 5.75 Å². The molecule has 1 saturated carbocycles. The minimum Gasteiger partial charge on any atom is -0.497 e. The van der Waals surface area contributed by atoms with Crippen LogP contribution in [0.4, 0.5) is 4.39 Å². The molecule has 0 spiro atoms. The average Bonchev–Trinajstić information content (AvgIpc) is 3.01. The number of rotatable bonds is 10. The maximum atomic E-state index is 14.0. The highest BCUT2D eigenvalue weighted by atomic mass is 32.2. The van der Waals surface area contributed by atoms with Crippen LogP contribution < -0.4 is 10.1 Å². The number of hydrogen-bond acceptors (Lipinski definition) is 5. The van der Waals surface area contributed by atoms with Gasteiger partial charge in [0.25, 0.3) is 0 Å². The smallest absolute Gasteiger partial charge is 0.243 e. The molecule has 9 heteroatoms. The molecule has 3 aromatic carbocycles. The Morgan fingerprint density at radius 2 is 1.74 bits per heavy atom. The van der Waals surface area contributed by atoms with Gasteiger partial charge < -0.3 is 15.0 Å². The van der Waals surface area contributed by atoms with Crippen LogP contribution in [0.25, 0.3) is 0 Å². The standard InChI is InChI=1S/C34H42FN3O4S/c1-37(2)34(27-8-6-9-28(35)21-27)26-13-11-24(12-14-26)23-36-33(39)22-32-31-10-5-4-7-25(31)19-20-38(32)43(40,41)30-17-15-29(42-3)16-18-30/h4-10,15-18,21,24,26,32,34H,11-14,19-20,22-23H2,1-3H3,(H,36,39). The van der Waals surface area contributed by atoms with Crippen LogP contribution in [0, 0.1) is 17.7 Å². The monoisotopic (exact) mass is 607 g/mol. The van der Waals surface area contributed by atoms with E-state index in [0.717, 1.165) is 42.4 Å². The maximum absolute atomic E-state index is 14.0. The second-order valence-electron chi connectivity index (χ2n) is 12.0. The fourth-order valence-electron chi connectivity index (χ4n) is 6.91. The molecule has 1 amide bonds. The molecular formula is C34H42FN3O4S. The molecule has 3 aromatic rings. The van der Waals surface area contributed by atoms with Crippen LogP contribution >= 0.6 is 0 Å². The largest absolute Gasteiger partial charge is 0.497 e. The molecule has 43 heavy (non-hydrogen) atoms. The third kappa shape index (κ3) is 7.11. The summed E-state index contributed by atoms with van der Waals surface area (Å²) >= 11 is 0. The van der Waals surface area contributed by atoms with E-state index in [1.54, 1.807) is 43.5 Å². The predicted molar refractivity (Wildman–Crippen MR) is 166 cm³/mol. The second-order valence-corrected chi connectivity index (χ2v) is 13.9. The molecule has 0 saturated heterocycles. The summed E-state index contributed by atoms with van der Waals surface area (Å²) in [4.78, 5) is 15.7. The minimum atomic E-state index is -3.84. The zero-order chi connectivity index (χ0) is 30.6. The normalized spacial score (nSPS) is 21.7. The van der Waals surface area contributed by atoms with E-state index in [1.807, 2.05) is 44.4 Å². The number of ether oxygens (including phenoxy) is 1. The van der Waals surface area contributed by atoms with Crippen LogP contribution in [-0.2, 0) is 21.2 Å². The van der Waals surface area contributed by atoms with E-state index in [9.17, 15) is 17.6 Å². The number of methoxy groups -OCH3 is 1. The number of amides is 1.